The molecule has 0 bridgehead atoms. The van der Waals surface area contributed by atoms with E-state index in [1.807, 2.05) is 0 Å². The molecule has 0 aromatic heterocycles. The third kappa shape index (κ3) is 6.97. The average Bonchev–Trinajstić information content (AvgIpc) is 2.47. The van der Waals surface area contributed by atoms with Gasteiger partial charge in [0.25, 0.3) is 0 Å². The van der Waals surface area contributed by atoms with Gasteiger partial charge in [-0.15, -0.1) is 0 Å². The molecule has 0 fully saturated rings. The van der Waals surface area contributed by atoms with Crippen molar-refractivity contribution in [2.75, 3.05) is 6.54 Å². The van der Waals surface area contributed by atoms with E-state index >= 15 is 0 Å². The van der Waals surface area contributed by atoms with Crippen molar-refractivity contribution in [3.05, 3.63) is 34.3 Å². The summed E-state index contributed by atoms with van der Waals surface area (Å²) in [4.78, 5) is 0. The molecule has 1 nitrogen and oxygen atoms in total. The van der Waals surface area contributed by atoms with E-state index in [1.165, 1.54) is 42.1 Å². The van der Waals surface area contributed by atoms with E-state index in [0.717, 1.165) is 12.5 Å². The minimum absolute atomic E-state index is 0.547. The minimum atomic E-state index is 0.547. The number of rotatable bonds is 10. The van der Waals surface area contributed by atoms with Crippen LogP contribution in [0.5, 0.6) is 0 Å². The van der Waals surface area contributed by atoms with Crippen molar-refractivity contribution in [1.29, 1.82) is 0 Å². The minimum Gasteiger partial charge on any atom is -0.314 e. The van der Waals surface area contributed by atoms with Crippen molar-refractivity contribution in [2.24, 2.45) is 5.92 Å². The van der Waals surface area contributed by atoms with Gasteiger partial charge in [-0.3, -0.25) is 0 Å². The van der Waals surface area contributed by atoms with Gasteiger partial charge in [-0.25, -0.2) is 0 Å². The molecule has 1 N–H and O–H groups in total. The molecule has 0 aliphatic carbocycles. The number of hydrogen-bond acceptors (Lipinski definition) is 1. The lowest BCUT2D eigenvalue weighted by molar-refractivity contribution is 0.370. The van der Waals surface area contributed by atoms with Gasteiger partial charge in [0.1, 0.15) is 0 Å². The molecule has 0 amide bonds. The van der Waals surface area contributed by atoms with Gasteiger partial charge in [0, 0.05) is 17.1 Å². The second kappa shape index (κ2) is 10.4. The van der Waals surface area contributed by atoms with Gasteiger partial charge in [-0.2, -0.15) is 0 Å². The summed E-state index contributed by atoms with van der Waals surface area (Å²) in [5, 5.41) is 3.64. The average molecular weight is 354 g/mol. The number of nitrogens with one attached hydrogen (secondary N) is 1. The first kappa shape index (κ1) is 18.7. The molecule has 1 aromatic carbocycles. The Bertz CT molecular complexity index is 389. The summed E-state index contributed by atoms with van der Waals surface area (Å²) in [7, 11) is 0. The van der Waals surface area contributed by atoms with E-state index in [0.29, 0.717) is 12.0 Å². The zero-order chi connectivity index (χ0) is 15.7. The Balaban J connectivity index is 2.78. The number of unbranched alkanes of at least 4 members (excludes halogenated alkanes) is 1. The Morgan fingerprint density at radius 1 is 1.14 bits per heavy atom. The predicted octanol–water partition coefficient (Wildman–Crippen LogP) is 6.14. The Morgan fingerprint density at radius 3 is 2.43 bits per heavy atom. The van der Waals surface area contributed by atoms with Gasteiger partial charge in [0.2, 0.25) is 0 Å². The van der Waals surface area contributed by atoms with Gasteiger partial charge in [0.15, 0.2) is 0 Å². The fourth-order valence-electron chi connectivity index (χ4n) is 2.89. The lowest BCUT2D eigenvalue weighted by Gasteiger charge is -2.25. The molecule has 120 valence electrons. The van der Waals surface area contributed by atoms with Crippen molar-refractivity contribution >= 4 is 15.9 Å². The quantitative estimate of drug-likeness (QED) is 0.532. The second-order valence-corrected chi connectivity index (χ2v) is 7.29. The van der Waals surface area contributed by atoms with Crippen LogP contribution in [0, 0.1) is 5.92 Å². The third-order valence-corrected chi connectivity index (χ3v) is 5.00. The van der Waals surface area contributed by atoms with Crippen molar-refractivity contribution in [2.45, 2.75) is 71.8 Å². The maximum Gasteiger partial charge on any atom is 0.0210 e. The highest BCUT2D eigenvalue weighted by molar-refractivity contribution is 9.10. The fourth-order valence-corrected chi connectivity index (χ4v) is 3.50. The fraction of sp³-hybridized carbons (Fsp3) is 0.684. The lowest BCUT2D eigenvalue weighted by atomic mass is 9.85. The van der Waals surface area contributed by atoms with Crippen LogP contribution in [0.3, 0.4) is 0 Å². The molecule has 0 spiro atoms. The number of hydrogen-bond donors (Lipinski definition) is 1. The van der Waals surface area contributed by atoms with Crippen LogP contribution in [0.2, 0.25) is 0 Å². The molecular weight excluding hydrogens is 322 g/mol. The van der Waals surface area contributed by atoms with Crippen LogP contribution in [0.4, 0.5) is 0 Å². The van der Waals surface area contributed by atoms with Crippen LogP contribution in [0.15, 0.2) is 28.7 Å². The van der Waals surface area contributed by atoms with Crippen molar-refractivity contribution < 1.29 is 0 Å². The summed E-state index contributed by atoms with van der Waals surface area (Å²) < 4.78 is 1.26. The molecule has 21 heavy (non-hydrogen) atoms. The monoisotopic (exact) mass is 353 g/mol. The Morgan fingerprint density at radius 2 is 1.86 bits per heavy atom. The van der Waals surface area contributed by atoms with Crippen molar-refractivity contribution in [1.82, 2.24) is 5.32 Å². The maximum absolute atomic E-state index is 3.74. The molecule has 0 saturated carbocycles. The van der Waals surface area contributed by atoms with E-state index < -0.39 is 0 Å². The molecule has 0 radical (unpaired) electrons. The van der Waals surface area contributed by atoms with Crippen LogP contribution < -0.4 is 5.32 Å². The normalized spacial score (nSPS) is 14.4. The molecule has 2 atom stereocenters. The van der Waals surface area contributed by atoms with E-state index in [1.54, 1.807) is 0 Å². The summed E-state index contributed by atoms with van der Waals surface area (Å²) in [5.74, 6) is 1.45. The van der Waals surface area contributed by atoms with Crippen molar-refractivity contribution in [3.8, 4) is 0 Å². The van der Waals surface area contributed by atoms with Crippen LogP contribution in [0.1, 0.15) is 71.3 Å². The summed E-state index contributed by atoms with van der Waals surface area (Å²) in [6.07, 6.45) is 6.62. The van der Waals surface area contributed by atoms with Gasteiger partial charge < -0.3 is 5.32 Å². The first-order valence-electron chi connectivity index (χ1n) is 8.56. The molecule has 0 heterocycles. The molecule has 0 aliphatic heterocycles. The van der Waals surface area contributed by atoms with Gasteiger partial charge in [-0.1, -0.05) is 87.5 Å². The Kier molecular flexibility index (Phi) is 9.26. The van der Waals surface area contributed by atoms with E-state index in [9.17, 15) is 0 Å². The highest BCUT2D eigenvalue weighted by Crippen LogP contribution is 2.32. The molecule has 0 aliphatic rings. The zero-order valence-electron chi connectivity index (χ0n) is 14.2. The first-order valence-corrected chi connectivity index (χ1v) is 9.35. The Hall–Kier alpha value is -0.340. The molecule has 2 unspecified atom stereocenters. The van der Waals surface area contributed by atoms with Gasteiger partial charge in [-0.05, 0) is 29.9 Å². The van der Waals surface area contributed by atoms with E-state index in [4.69, 9.17) is 0 Å². The molecule has 2 heteroatoms. The topological polar surface area (TPSA) is 12.0 Å². The molecule has 1 rings (SSSR count). The van der Waals surface area contributed by atoms with Crippen LogP contribution in [0.25, 0.3) is 0 Å². The number of halogens is 1. The highest BCUT2D eigenvalue weighted by Gasteiger charge is 2.19. The maximum atomic E-state index is 3.74. The summed E-state index contributed by atoms with van der Waals surface area (Å²) in [6.45, 7) is 10.2. The molecule has 0 saturated heterocycles. The highest BCUT2D eigenvalue weighted by atomic mass is 79.9. The van der Waals surface area contributed by atoms with Crippen LogP contribution in [-0.2, 0) is 0 Å². The molecular formula is C19H32BrN. The van der Waals surface area contributed by atoms with E-state index in [-0.39, 0.29) is 0 Å². The van der Waals surface area contributed by atoms with Crippen LogP contribution >= 0.6 is 15.9 Å². The smallest absolute Gasteiger partial charge is 0.0210 e. The van der Waals surface area contributed by atoms with E-state index in [2.05, 4.69) is 73.2 Å². The zero-order valence-corrected chi connectivity index (χ0v) is 15.7. The second-order valence-electron chi connectivity index (χ2n) is 6.43. The number of benzene rings is 1. The summed E-state index contributed by atoms with van der Waals surface area (Å²) in [5.41, 5.74) is 1.46. The third-order valence-electron chi connectivity index (χ3n) is 4.28. The van der Waals surface area contributed by atoms with Gasteiger partial charge >= 0.3 is 0 Å². The van der Waals surface area contributed by atoms with Gasteiger partial charge in [0.05, 0.1) is 0 Å². The summed E-state index contributed by atoms with van der Waals surface area (Å²) in [6, 6.07) is 9.27. The van der Waals surface area contributed by atoms with Crippen molar-refractivity contribution in [3.63, 3.8) is 0 Å². The van der Waals surface area contributed by atoms with Crippen LogP contribution in [-0.4, -0.2) is 12.6 Å². The summed E-state index contributed by atoms with van der Waals surface area (Å²) >= 11 is 3.74. The largest absolute Gasteiger partial charge is 0.314 e. The first-order chi connectivity index (χ1) is 10.1. The standard InChI is InChI=1S/C19H32BrN/c1-5-7-10-16(6-2)13-17(14-21-15(3)4)18-11-8-9-12-19(18)20/h8-9,11-12,15-17,21H,5-7,10,13-14H2,1-4H3. The molecule has 1 aromatic rings. The SMILES string of the molecule is CCCCC(CC)CC(CNC(C)C)c1ccccc1Br. The lowest BCUT2D eigenvalue weighted by Crippen LogP contribution is -2.29. The predicted molar refractivity (Wildman–Crippen MR) is 97.9 cm³/mol. The Labute approximate surface area is 140 Å².